The van der Waals surface area contributed by atoms with Crippen LogP contribution in [0.2, 0.25) is 19.6 Å². The number of fused-ring (bicyclic) bond motifs is 4. The summed E-state index contributed by atoms with van der Waals surface area (Å²) in [6.07, 6.45) is 0. The van der Waals surface area contributed by atoms with Gasteiger partial charge in [-0.25, -0.2) is 0 Å². The second-order valence-corrected chi connectivity index (χ2v) is 17.3. The van der Waals surface area contributed by atoms with Gasteiger partial charge >= 0.3 is 0 Å². The minimum atomic E-state index is -2.18. The molecule has 0 spiro atoms. The first-order valence-electron chi connectivity index (χ1n) is 16.6. The smallest absolute Gasteiger partial charge is 0.120 e. The van der Waals surface area contributed by atoms with Gasteiger partial charge < -0.3 is 9.40 Å². The number of aryl methyl sites for hydroxylation is 1. The molecule has 1 unspecified atom stereocenters. The normalized spacial score (nSPS) is 15.1. The monoisotopic (exact) mass is 794 g/mol. The molecule has 229 valence electrons. The maximum Gasteiger partial charge on any atom is 0.120 e. The second kappa shape index (κ2) is 13.1. The average molecular weight is 794 g/mol. The van der Waals surface area contributed by atoms with Crippen molar-refractivity contribution >= 4 is 46.6 Å². The summed E-state index contributed by atoms with van der Waals surface area (Å²) < 4.78 is 29.5. The zero-order chi connectivity index (χ0) is 33.5. The number of benzene rings is 5. The van der Waals surface area contributed by atoms with E-state index in [2.05, 4.69) is 91.4 Å². The van der Waals surface area contributed by atoms with Gasteiger partial charge in [0.05, 0.1) is 19.3 Å². The van der Waals surface area contributed by atoms with E-state index in [-0.39, 0.29) is 31.7 Å². The molecule has 3 heterocycles. The van der Waals surface area contributed by atoms with Gasteiger partial charge in [-0.2, -0.15) is 0 Å². The molecule has 1 atom stereocenters. The summed E-state index contributed by atoms with van der Waals surface area (Å²) in [6, 6.07) is 48.9. The van der Waals surface area contributed by atoms with Gasteiger partial charge in [-0.3, -0.25) is 4.99 Å². The van der Waals surface area contributed by atoms with E-state index in [0.717, 1.165) is 49.7 Å². The molecule has 0 fully saturated rings. The van der Waals surface area contributed by atoms with Crippen LogP contribution in [0.4, 0.5) is 5.69 Å². The van der Waals surface area contributed by atoms with Crippen LogP contribution in [0.5, 0.6) is 0 Å². The Morgan fingerprint density at radius 1 is 0.739 bits per heavy atom. The number of pyridine rings is 1. The van der Waals surface area contributed by atoms with E-state index in [4.69, 9.17) is 13.5 Å². The summed E-state index contributed by atoms with van der Waals surface area (Å²) in [4.78, 5) is 9.45. The van der Waals surface area contributed by atoms with Gasteiger partial charge in [-0.05, 0) is 46.7 Å². The Morgan fingerprint density at radius 3 is 2.28 bits per heavy atom. The van der Waals surface area contributed by atoms with Gasteiger partial charge in [0.2, 0.25) is 0 Å². The standard InChI is InChI=1S/C26H16NO.C15H18NSi.Ir/c1-2-9-17(10-3-1)24-20-12-4-6-15-22(20)27-25(24)21-14-8-13-19-18-11-5-7-16-23(18)28-26(19)21;1-12-15(17(2,3)4)11-10-14(16-12)13-8-6-5-7-9-13;/h1-13,15-16,24H;5-8,10-11H,1-4H3;/q2*-1;/i;1D3;. The maximum atomic E-state index is 7.74. The first-order chi connectivity index (χ1) is 23.1. The van der Waals surface area contributed by atoms with Gasteiger partial charge in [0.1, 0.15) is 5.58 Å². The molecular weight excluding hydrogens is 757 g/mol. The van der Waals surface area contributed by atoms with Crippen LogP contribution in [-0.2, 0) is 20.1 Å². The van der Waals surface area contributed by atoms with Crippen LogP contribution in [0.1, 0.15) is 32.4 Å². The van der Waals surface area contributed by atoms with Gasteiger partial charge in [-0.1, -0.05) is 109 Å². The Morgan fingerprint density at radius 2 is 1.50 bits per heavy atom. The van der Waals surface area contributed by atoms with E-state index >= 15 is 0 Å². The molecule has 0 aliphatic carbocycles. The SMILES string of the molecule is [2H]C([2H])([2H])c1nc(-c2[c-]cccc2)ccc1[Si](C)(C)C.[Ir].[c-]1ccc2c(oc3ccccc32)c1C1=Nc2ccccc2C1c1ccccc1. The zero-order valence-electron chi connectivity index (χ0n) is 28.8. The third kappa shape index (κ3) is 6.06. The molecule has 5 aromatic carbocycles. The van der Waals surface area contributed by atoms with Crippen molar-refractivity contribution < 1.29 is 28.6 Å². The number of hydrogen-bond acceptors (Lipinski definition) is 3. The van der Waals surface area contributed by atoms with E-state index in [9.17, 15) is 0 Å². The number of aliphatic imine (C=N–C) groups is 1. The molecule has 0 saturated carbocycles. The van der Waals surface area contributed by atoms with Gasteiger partial charge in [-0.15, -0.1) is 54.1 Å². The quantitative estimate of drug-likeness (QED) is 0.132. The maximum absolute atomic E-state index is 7.74. The molecular formula is C41H34IrN2OSi-2. The first-order valence-corrected chi connectivity index (χ1v) is 18.6. The summed E-state index contributed by atoms with van der Waals surface area (Å²) in [5, 5.41) is 3.13. The summed E-state index contributed by atoms with van der Waals surface area (Å²) in [5.74, 6) is 0.0764. The van der Waals surface area contributed by atoms with Crippen molar-refractivity contribution in [2.24, 2.45) is 4.99 Å². The molecule has 2 aromatic heterocycles. The van der Waals surface area contributed by atoms with E-state index in [1.807, 2.05) is 66.7 Å². The molecule has 1 aliphatic rings. The Kier molecular flexibility index (Phi) is 7.96. The molecule has 1 aliphatic heterocycles. The van der Waals surface area contributed by atoms with Crippen LogP contribution >= 0.6 is 0 Å². The number of hydrogen-bond donors (Lipinski definition) is 0. The van der Waals surface area contributed by atoms with E-state index in [1.54, 1.807) is 6.07 Å². The Bertz CT molecular complexity index is 2280. The third-order valence-electron chi connectivity index (χ3n) is 8.18. The summed E-state index contributed by atoms with van der Waals surface area (Å²) >= 11 is 0. The Hall–Kier alpha value is -4.41. The molecule has 0 saturated heterocycles. The van der Waals surface area contributed by atoms with Crippen molar-refractivity contribution in [3.63, 3.8) is 0 Å². The fourth-order valence-electron chi connectivity index (χ4n) is 6.01. The minimum Gasteiger partial charge on any atom is -0.501 e. The zero-order valence-corrected chi connectivity index (χ0v) is 29.2. The molecule has 8 rings (SSSR count). The summed E-state index contributed by atoms with van der Waals surface area (Å²) in [6.45, 7) is 4.22. The molecule has 0 N–H and O–H groups in total. The molecule has 5 heteroatoms. The van der Waals surface area contributed by atoms with Crippen molar-refractivity contribution in [3.8, 4) is 11.3 Å². The van der Waals surface area contributed by atoms with Gasteiger partial charge in [0, 0.05) is 41.2 Å². The number of para-hydroxylation sites is 2. The molecule has 3 nitrogen and oxygen atoms in total. The molecule has 7 aromatic rings. The summed E-state index contributed by atoms with van der Waals surface area (Å²) in [7, 11) is -1.74. The first kappa shape index (κ1) is 27.9. The van der Waals surface area contributed by atoms with E-state index in [0.29, 0.717) is 5.69 Å². The fraction of sp³-hybridized carbons (Fsp3) is 0.122. The second-order valence-electron chi connectivity index (χ2n) is 12.2. The van der Waals surface area contributed by atoms with Crippen LogP contribution in [0.15, 0.2) is 137 Å². The molecule has 0 amide bonds. The Labute approximate surface area is 289 Å². The molecule has 0 bridgehead atoms. The minimum absolute atomic E-state index is 0. The van der Waals surface area contributed by atoms with Gasteiger partial charge in [0.15, 0.2) is 0 Å². The summed E-state index contributed by atoms with van der Waals surface area (Å²) in [5.41, 5.74) is 8.90. The largest absolute Gasteiger partial charge is 0.501 e. The predicted octanol–water partition coefficient (Wildman–Crippen LogP) is 10.1. The van der Waals surface area contributed by atoms with Crippen molar-refractivity contribution in [2.75, 3.05) is 0 Å². The van der Waals surface area contributed by atoms with E-state index < -0.39 is 14.9 Å². The molecule has 46 heavy (non-hydrogen) atoms. The Balaban J connectivity index is 0.000000177. The van der Waals surface area contributed by atoms with Crippen molar-refractivity contribution in [1.82, 2.24) is 4.98 Å². The van der Waals surface area contributed by atoms with Gasteiger partial charge in [0.25, 0.3) is 0 Å². The average Bonchev–Trinajstić information content (AvgIpc) is 3.67. The van der Waals surface area contributed by atoms with E-state index in [1.165, 1.54) is 11.1 Å². The number of aromatic nitrogens is 1. The fourth-order valence-corrected chi connectivity index (χ4v) is 7.36. The van der Waals surface area contributed by atoms with Crippen molar-refractivity contribution in [3.05, 3.63) is 162 Å². The topological polar surface area (TPSA) is 38.4 Å². The van der Waals surface area contributed by atoms with Crippen LogP contribution in [0, 0.1) is 19.0 Å². The van der Waals surface area contributed by atoms with Crippen LogP contribution < -0.4 is 5.19 Å². The van der Waals surface area contributed by atoms with Crippen LogP contribution in [0.25, 0.3) is 33.2 Å². The number of furan rings is 1. The van der Waals surface area contributed by atoms with Crippen LogP contribution in [0.3, 0.4) is 0 Å². The molecule has 1 radical (unpaired) electrons. The van der Waals surface area contributed by atoms with Crippen molar-refractivity contribution in [1.29, 1.82) is 0 Å². The van der Waals surface area contributed by atoms with Crippen molar-refractivity contribution in [2.45, 2.75) is 32.4 Å². The number of rotatable bonds is 4. The third-order valence-corrected chi connectivity index (χ3v) is 10.2. The predicted molar refractivity (Wildman–Crippen MR) is 190 cm³/mol. The number of nitrogens with zero attached hydrogens (tertiary/aromatic N) is 2. The van der Waals surface area contributed by atoms with Crippen LogP contribution in [-0.4, -0.2) is 18.8 Å².